The Morgan fingerprint density at radius 2 is 1.59 bits per heavy atom. The fourth-order valence-corrected chi connectivity index (χ4v) is 3.99. The molecule has 0 saturated heterocycles. The summed E-state index contributed by atoms with van der Waals surface area (Å²) in [6, 6.07) is 28.5. The molecule has 0 saturated carbocycles. The van der Waals surface area contributed by atoms with Gasteiger partial charge in [-0.2, -0.15) is 0 Å². The third-order valence-corrected chi connectivity index (χ3v) is 5.73. The van der Waals surface area contributed by atoms with Crippen molar-refractivity contribution in [3.8, 4) is 16.9 Å². The fourth-order valence-electron chi connectivity index (χ4n) is 3.99. The van der Waals surface area contributed by atoms with E-state index in [2.05, 4.69) is 41.7 Å². The minimum absolute atomic E-state index is 0.00934. The summed E-state index contributed by atoms with van der Waals surface area (Å²) >= 11 is 0. The molecule has 0 heterocycles. The second kappa shape index (κ2) is 9.67. The monoisotopic (exact) mass is 424 g/mol. The molecule has 0 aliphatic rings. The van der Waals surface area contributed by atoms with Crippen molar-refractivity contribution in [2.75, 3.05) is 21.2 Å². The topological polar surface area (TPSA) is 41.6 Å². The first-order valence-corrected chi connectivity index (χ1v) is 10.7. The maximum atomic E-state index is 13.1. The number of rotatable bonds is 7. The first-order chi connectivity index (χ1) is 15.6. The van der Waals surface area contributed by atoms with E-state index in [9.17, 15) is 4.79 Å². The molecule has 162 valence electrons. The molecule has 0 unspecified atom stereocenters. The summed E-state index contributed by atoms with van der Waals surface area (Å²) in [6.45, 7) is 1.40. The molecule has 0 spiro atoms. The van der Waals surface area contributed by atoms with Gasteiger partial charge < -0.3 is 15.0 Å². The van der Waals surface area contributed by atoms with Crippen molar-refractivity contribution in [1.82, 2.24) is 10.2 Å². The van der Waals surface area contributed by atoms with Crippen molar-refractivity contribution in [2.45, 2.75) is 13.1 Å². The summed E-state index contributed by atoms with van der Waals surface area (Å²) in [5, 5.41) is 5.57. The number of ether oxygens (including phenoxy) is 1. The highest BCUT2D eigenvalue weighted by Crippen LogP contribution is 2.24. The molecule has 0 aliphatic heterocycles. The average Bonchev–Trinajstić information content (AvgIpc) is 2.84. The SMILES string of the molecule is CNCc1ccc2c(CN(C)C(=O)c3ccc(-c4ccc(OC)cc4)cc3)cccc2c1. The van der Waals surface area contributed by atoms with Crippen molar-refractivity contribution >= 4 is 16.7 Å². The fraction of sp³-hybridized carbons (Fsp3) is 0.179. The minimum atomic E-state index is 0.00934. The van der Waals surface area contributed by atoms with Crippen LogP contribution in [-0.4, -0.2) is 32.0 Å². The number of hydrogen-bond donors (Lipinski definition) is 1. The zero-order valence-electron chi connectivity index (χ0n) is 18.8. The normalized spacial score (nSPS) is 10.8. The van der Waals surface area contributed by atoms with Crippen LogP contribution in [0.2, 0.25) is 0 Å². The molecule has 0 fully saturated rings. The highest BCUT2D eigenvalue weighted by molar-refractivity contribution is 5.95. The molecule has 32 heavy (non-hydrogen) atoms. The van der Waals surface area contributed by atoms with Gasteiger partial charge in [-0.3, -0.25) is 4.79 Å². The Balaban J connectivity index is 1.50. The number of fused-ring (bicyclic) bond motifs is 1. The van der Waals surface area contributed by atoms with E-state index in [1.807, 2.05) is 62.6 Å². The van der Waals surface area contributed by atoms with E-state index in [0.717, 1.165) is 29.0 Å². The second-order valence-corrected chi connectivity index (χ2v) is 7.97. The van der Waals surface area contributed by atoms with E-state index in [0.29, 0.717) is 12.1 Å². The van der Waals surface area contributed by atoms with Crippen molar-refractivity contribution in [2.24, 2.45) is 0 Å². The van der Waals surface area contributed by atoms with E-state index in [1.54, 1.807) is 12.0 Å². The first kappa shape index (κ1) is 21.6. The van der Waals surface area contributed by atoms with Gasteiger partial charge >= 0.3 is 0 Å². The van der Waals surface area contributed by atoms with Gasteiger partial charge in [0.1, 0.15) is 5.75 Å². The van der Waals surface area contributed by atoms with Gasteiger partial charge in [0, 0.05) is 25.7 Å². The van der Waals surface area contributed by atoms with Crippen molar-refractivity contribution in [3.63, 3.8) is 0 Å². The zero-order chi connectivity index (χ0) is 22.5. The van der Waals surface area contributed by atoms with Crippen molar-refractivity contribution in [3.05, 3.63) is 102 Å². The molecular weight excluding hydrogens is 396 g/mol. The van der Waals surface area contributed by atoms with E-state index >= 15 is 0 Å². The smallest absolute Gasteiger partial charge is 0.253 e. The van der Waals surface area contributed by atoms with Crippen LogP contribution in [0.1, 0.15) is 21.5 Å². The molecule has 0 aliphatic carbocycles. The first-order valence-electron chi connectivity index (χ1n) is 10.7. The van der Waals surface area contributed by atoms with Gasteiger partial charge in [0.2, 0.25) is 0 Å². The van der Waals surface area contributed by atoms with Gasteiger partial charge in [-0.15, -0.1) is 0 Å². The van der Waals surface area contributed by atoms with Crippen LogP contribution in [0.25, 0.3) is 21.9 Å². The molecule has 1 N–H and O–H groups in total. The lowest BCUT2D eigenvalue weighted by Crippen LogP contribution is -2.26. The Labute approximate surface area is 189 Å². The maximum absolute atomic E-state index is 13.1. The summed E-state index contributed by atoms with van der Waals surface area (Å²) < 4.78 is 5.22. The van der Waals surface area contributed by atoms with Crippen molar-refractivity contribution in [1.29, 1.82) is 0 Å². The number of hydrogen-bond acceptors (Lipinski definition) is 3. The summed E-state index contributed by atoms with van der Waals surface area (Å²) in [5.41, 5.74) is 5.23. The molecule has 0 bridgehead atoms. The molecule has 4 nitrogen and oxygen atoms in total. The van der Waals surface area contributed by atoms with Gasteiger partial charge in [-0.05, 0) is 70.4 Å². The number of nitrogens with zero attached hydrogens (tertiary/aromatic N) is 1. The molecule has 0 radical (unpaired) electrons. The Morgan fingerprint density at radius 3 is 2.25 bits per heavy atom. The molecule has 4 aromatic rings. The Bertz CT molecular complexity index is 1210. The van der Waals surface area contributed by atoms with E-state index in [4.69, 9.17) is 4.74 Å². The van der Waals surface area contributed by atoms with E-state index in [-0.39, 0.29) is 5.91 Å². The Hall–Kier alpha value is -3.63. The highest BCUT2D eigenvalue weighted by Gasteiger charge is 2.14. The van der Waals surface area contributed by atoms with Gasteiger partial charge in [-0.1, -0.05) is 54.6 Å². The zero-order valence-corrected chi connectivity index (χ0v) is 18.8. The van der Waals surface area contributed by atoms with Crippen LogP contribution in [-0.2, 0) is 13.1 Å². The van der Waals surface area contributed by atoms with Crippen LogP contribution < -0.4 is 10.1 Å². The predicted molar refractivity (Wildman–Crippen MR) is 131 cm³/mol. The summed E-state index contributed by atoms with van der Waals surface area (Å²) in [4.78, 5) is 14.8. The van der Waals surface area contributed by atoms with E-state index < -0.39 is 0 Å². The van der Waals surface area contributed by atoms with Crippen LogP contribution in [0.5, 0.6) is 5.75 Å². The van der Waals surface area contributed by atoms with Crippen LogP contribution in [0, 0.1) is 0 Å². The number of carbonyl (C=O) groups is 1. The number of nitrogens with one attached hydrogen (secondary N) is 1. The number of benzene rings is 4. The predicted octanol–water partition coefficient (Wildman–Crippen LogP) is 5.51. The highest BCUT2D eigenvalue weighted by atomic mass is 16.5. The molecular formula is C28H28N2O2. The summed E-state index contributed by atoms with van der Waals surface area (Å²) in [7, 11) is 5.46. The second-order valence-electron chi connectivity index (χ2n) is 7.97. The minimum Gasteiger partial charge on any atom is -0.497 e. The van der Waals surface area contributed by atoms with E-state index in [1.165, 1.54) is 16.3 Å². The van der Waals surface area contributed by atoms with Gasteiger partial charge in [-0.25, -0.2) is 0 Å². The molecule has 1 amide bonds. The molecule has 4 rings (SSSR count). The average molecular weight is 425 g/mol. The maximum Gasteiger partial charge on any atom is 0.253 e. The third-order valence-electron chi connectivity index (χ3n) is 5.73. The van der Waals surface area contributed by atoms with Crippen LogP contribution >= 0.6 is 0 Å². The van der Waals surface area contributed by atoms with Crippen LogP contribution in [0.3, 0.4) is 0 Å². The summed E-state index contributed by atoms with van der Waals surface area (Å²) in [5.74, 6) is 0.837. The molecule has 4 heteroatoms. The molecule has 0 aromatic heterocycles. The van der Waals surface area contributed by atoms with Crippen molar-refractivity contribution < 1.29 is 9.53 Å². The van der Waals surface area contributed by atoms with Crippen LogP contribution in [0.4, 0.5) is 0 Å². The van der Waals surface area contributed by atoms with Gasteiger partial charge in [0.15, 0.2) is 0 Å². The number of methoxy groups -OCH3 is 1. The largest absolute Gasteiger partial charge is 0.497 e. The van der Waals surface area contributed by atoms with Gasteiger partial charge in [0.05, 0.1) is 7.11 Å². The number of carbonyl (C=O) groups excluding carboxylic acids is 1. The summed E-state index contributed by atoms with van der Waals surface area (Å²) in [6.07, 6.45) is 0. The lowest BCUT2D eigenvalue weighted by atomic mass is 10.0. The third kappa shape index (κ3) is 4.66. The standard InChI is InChI=1S/C28H28N2O2/c1-29-18-20-7-16-27-24(17-20)5-4-6-25(27)19-30(2)28(31)23-10-8-21(9-11-23)22-12-14-26(32-3)15-13-22/h4-17,29H,18-19H2,1-3H3. The Morgan fingerprint density at radius 1 is 0.906 bits per heavy atom. The lowest BCUT2D eigenvalue weighted by molar-refractivity contribution is 0.0785. The van der Waals surface area contributed by atoms with Crippen LogP contribution in [0.15, 0.2) is 84.9 Å². The number of amides is 1. The quantitative estimate of drug-likeness (QED) is 0.425. The van der Waals surface area contributed by atoms with Gasteiger partial charge in [0.25, 0.3) is 5.91 Å². The molecule has 4 aromatic carbocycles. The Kier molecular flexibility index (Phi) is 6.52. The molecule has 0 atom stereocenters. The lowest BCUT2D eigenvalue weighted by Gasteiger charge is -2.19.